The van der Waals surface area contributed by atoms with Crippen molar-refractivity contribution in [2.75, 3.05) is 6.61 Å². The molecule has 32 heavy (non-hydrogen) atoms. The van der Waals surface area contributed by atoms with Crippen LogP contribution in [0.4, 0.5) is 0 Å². The number of carbonyl (C=O) groups is 1. The number of halogens is 2. The van der Waals surface area contributed by atoms with E-state index in [1.165, 1.54) is 0 Å². The van der Waals surface area contributed by atoms with Gasteiger partial charge in [-0.15, -0.1) is 5.10 Å². The second-order valence-corrected chi connectivity index (χ2v) is 8.62. The van der Waals surface area contributed by atoms with Gasteiger partial charge in [-0.1, -0.05) is 28.4 Å². The van der Waals surface area contributed by atoms with Crippen molar-refractivity contribution in [2.24, 2.45) is 0 Å². The van der Waals surface area contributed by atoms with E-state index in [2.05, 4.69) is 15.6 Å². The smallest absolute Gasteiger partial charge is 0.258 e. The number of benzene rings is 2. The van der Waals surface area contributed by atoms with Gasteiger partial charge < -0.3 is 14.8 Å². The van der Waals surface area contributed by atoms with Crippen molar-refractivity contribution in [3.8, 4) is 11.5 Å². The molecular weight excluding hydrogens is 451 g/mol. The summed E-state index contributed by atoms with van der Waals surface area (Å²) in [5.74, 6) is 1.24. The second-order valence-electron chi connectivity index (χ2n) is 7.75. The van der Waals surface area contributed by atoms with Crippen LogP contribution < -0.4 is 14.8 Å². The van der Waals surface area contributed by atoms with Crippen molar-refractivity contribution in [3.05, 3.63) is 70.5 Å². The highest BCUT2D eigenvalue weighted by Gasteiger charge is 2.24. The monoisotopic (exact) mass is 474 g/mol. The Hall–Kier alpha value is -2.77. The molecule has 1 fully saturated rings. The van der Waals surface area contributed by atoms with E-state index in [9.17, 15) is 4.79 Å². The molecule has 1 aliphatic carbocycles. The lowest BCUT2D eigenvalue weighted by molar-refractivity contribution is -0.124. The van der Waals surface area contributed by atoms with Gasteiger partial charge in [-0.05, 0) is 74.2 Å². The van der Waals surface area contributed by atoms with Gasteiger partial charge in [0.15, 0.2) is 6.61 Å². The highest BCUT2D eigenvalue weighted by atomic mass is 35.5. The summed E-state index contributed by atoms with van der Waals surface area (Å²) in [5, 5.41) is 12.8. The maximum Gasteiger partial charge on any atom is 0.258 e. The molecule has 0 saturated heterocycles. The third-order valence-electron chi connectivity index (χ3n) is 5.38. The summed E-state index contributed by atoms with van der Waals surface area (Å²) in [4.78, 5) is 12.2. The van der Waals surface area contributed by atoms with Crippen LogP contribution in [0.3, 0.4) is 0 Å². The SMILES string of the molecule is O=C(COc1ccc(Cl)cc1)NC1CCC(n2cc(COc3ccc(Cl)cc3)nn2)CC1. The Morgan fingerprint density at radius 1 is 0.938 bits per heavy atom. The molecule has 1 aromatic heterocycles. The minimum Gasteiger partial charge on any atom is -0.487 e. The number of hydrogen-bond donors (Lipinski definition) is 1. The summed E-state index contributed by atoms with van der Waals surface area (Å²) < 4.78 is 13.1. The van der Waals surface area contributed by atoms with Crippen LogP contribution in [0.5, 0.6) is 11.5 Å². The van der Waals surface area contributed by atoms with E-state index in [0.717, 1.165) is 37.1 Å². The molecule has 1 heterocycles. The first-order valence-corrected chi connectivity index (χ1v) is 11.3. The second kappa shape index (κ2) is 10.7. The molecule has 7 nitrogen and oxygen atoms in total. The van der Waals surface area contributed by atoms with Gasteiger partial charge in [-0.25, -0.2) is 4.68 Å². The molecule has 9 heteroatoms. The molecule has 0 radical (unpaired) electrons. The van der Waals surface area contributed by atoms with Crippen LogP contribution in [0.25, 0.3) is 0 Å². The fraction of sp³-hybridized carbons (Fsp3) is 0.348. The fourth-order valence-corrected chi connectivity index (χ4v) is 3.93. The van der Waals surface area contributed by atoms with Gasteiger partial charge in [-0.3, -0.25) is 4.79 Å². The van der Waals surface area contributed by atoms with Crippen LogP contribution in [-0.2, 0) is 11.4 Å². The maximum absolute atomic E-state index is 12.2. The van der Waals surface area contributed by atoms with Gasteiger partial charge in [-0.2, -0.15) is 0 Å². The molecule has 0 atom stereocenters. The van der Waals surface area contributed by atoms with Crippen molar-refractivity contribution < 1.29 is 14.3 Å². The summed E-state index contributed by atoms with van der Waals surface area (Å²) in [6.07, 6.45) is 5.54. The zero-order chi connectivity index (χ0) is 22.3. The largest absolute Gasteiger partial charge is 0.487 e. The van der Waals surface area contributed by atoms with E-state index in [1.54, 1.807) is 36.4 Å². The lowest BCUT2D eigenvalue weighted by Crippen LogP contribution is -2.40. The number of carbonyl (C=O) groups excluding carboxylic acids is 1. The zero-order valence-electron chi connectivity index (χ0n) is 17.4. The summed E-state index contributed by atoms with van der Waals surface area (Å²) in [7, 11) is 0. The predicted molar refractivity (Wildman–Crippen MR) is 122 cm³/mol. The van der Waals surface area contributed by atoms with Crippen molar-refractivity contribution in [1.29, 1.82) is 0 Å². The Morgan fingerprint density at radius 3 is 2.16 bits per heavy atom. The van der Waals surface area contributed by atoms with Crippen LogP contribution in [-0.4, -0.2) is 33.5 Å². The first kappa shape index (κ1) is 22.4. The summed E-state index contributed by atoms with van der Waals surface area (Å²) in [6.45, 7) is 0.336. The normalized spacial score (nSPS) is 18.2. The van der Waals surface area contributed by atoms with E-state index >= 15 is 0 Å². The molecule has 3 aromatic rings. The average molecular weight is 475 g/mol. The lowest BCUT2D eigenvalue weighted by Gasteiger charge is -2.28. The molecule has 1 saturated carbocycles. The van der Waals surface area contributed by atoms with Crippen molar-refractivity contribution >= 4 is 29.1 Å². The molecule has 168 valence electrons. The molecule has 0 spiro atoms. The van der Waals surface area contributed by atoms with Crippen LogP contribution in [0.15, 0.2) is 54.7 Å². The Balaban J connectivity index is 1.18. The van der Waals surface area contributed by atoms with Gasteiger partial charge >= 0.3 is 0 Å². The van der Waals surface area contributed by atoms with Crippen LogP contribution in [0, 0.1) is 0 Å². The standard InChI is InChI=1S/C23H24Cl2N4O3/c24-16-1-9-21(10-2-16)31-14-19-13-29(28-27-19)20-7-5-18(6-8-20)26-23(30)15-32-22-11-3-17(25)4-12-22/h1-4,9-13,18,20H,5-8,14-15H2,(H,26,30). The highest BCUT2D eigenvalue weighted by Crippen LogP contribution is 2.28. The molecular formula is C23H24Cl2N4O3. The minimum absolute atomic E-state index is 0.0123. The van der Waals surface area contributed by atoms with Crippen LogP contribution >= 0.6 is 23.2 Å². The fourth-order valence-electron chi connectivity index (χ4n) is 3.68. The Bertz CT molecular complexity index is 1020. The van der Waals surface area contributed by atoms with Gasteiger partial charge in [0.05, 0.1) is 12.2 Å². The summed E-state index contributed by atoms with van der Waals surface area (Å²) in [5.41, 5.74) is 0.773. The molecule has 1 amide bonds. The molecule has 0 bridgehead atoms. The van der Waals surface area contributed by atoms with Crippen LogP contribution in [0.1, 0.15) is 37.4 Å². The number of ether oxygens (including phenoxy) is 2. The zero-order valence-corrected chi connectivity index (χ0v) is 18.9. The Kier molecular flexibility index (Phi) is 7.50. The third kappa shape index (κ3) is 6.37. The molecule has 1 N–H and O–H groups in total. The van der Waals surface area contributed by atoms with E-state index < -0.39 is 0 Å². The first-order chi connectivity index (χ1) is 15.5. The van der Waals surface area contributed by atoms with E-state index in [0.29, 0.717) is 22.4 Å². The van der Waals surface area contributed by atoms with E-state index in [-0.39, 0.29) is 24.6 Å². The Morgan fingerprint density at radius 2 is 1.53 bits per heavy atom. The Labute approximate surface area is 196 Å². The summed E-state index contributed by atoms with van der Waals surface area (Å²) in [6, 6.07) is 14.6. The average Bonchev–Trinajstić information content (AvgIpc) is 3.28. The molecule has 4 rings (SSSR count). The quantitative estimate of drug-likeness (QED) is 0.505. The van der Waals surface area contributed by atoms with Crippen molar-refractivity contribution in [2.45, 2.75) is 44.4 Å². The van der Waals surface area contributed by atoms with Gasteiger partial charge in [0.2, 0.25) is 0 Å². The maximum atomic E-state index is 12.2. The van der Waals surface area contributed by atoms with Crippen molar-refractivity contribution in [1.82, 2.24) is 20.3 Å². The lowest BCUT2D eigenvalue weighted by atomic mass is 9.91. The van der Waals surface area contributed by atoms with Gasteiger partial charge in [0.25, 0.3) is 5.91 Å². The minimum atomic E-state index is -0.120. The van der Waals surface area contributed by atoms with E-state index in [1.807, 2.05) is 23.0 Å². The third-order valence-corrected chi connectivity index (χ3v) is 5.88. The number of nitrogens with one attached hydrogen (secondary N) is 1. The number of rotatable bonds is 8. The first-order valence-electron chi connectivity index (χ1n) is 10.5. The molecule has 1 aliphatic rings. The molecule has 2 aromatic carbocycles. The van der Waals surface area contributed by atoms with Crippen molar-refractivity contribution in [3.63, 3.8) is 0 Å². The summed E-state index contributed by atoms with van der Waals surface area (Å²) >= 11 is 11.7. The van der Waals surface area contributed by atoms with Gasteiger partial charge in [0.1, 0.15) is 23.8 Å². The number of nitrogens with zero attached hydrogens (tertiary/aromatic N) is 3. The van der Waals surface area contributed by atoms with E-state index in [4.69, 9.17) is 32.7 Å². The topological polar surface area (TPSA) is 78.3 Å². The number of amides is 1. The van der Waals surface area contributed by atoms with Crippen LogP contribution in [0.2, 0.25) is 10.0 Å². The molecule has 0 aliphatic heterocycles. The van der Waals surface area contributed by atoms with Gasteiger partial charge in [0, 0.05) is 16.1 Å². The highest BCUT2D eigenvalue weighted by molar-refractivity contribution is 6.30. The number of hydrogen-bond acceptors (Lipinski definition) is 5. The number of aromatic nitrogens is 3. The predicted octanol–water partition coefficient (Wildman–Crippen LogP) is 4.84. The molecule has 0 unspecified atom stereocenters.